The second kappa shape index (κ2) is 13.8. The van der Waals surface area contributed by atoms with Crippen LogP contribution in [-0.4, -0.2) is 32.2 Å². The second-order valence-electron chi connectivity index (χ2n) is 9.28. The van der Waals surface area contributed by atoms with Crippen molar-refractivity contribution in [1.29, 1.82) is 0 Å². The highest BCUT2D eigenvalue weighted by Crippen LogP contribution is 2.30. The smallest absolute Gasteiger partial charge is 0.269 e. The maximum absolute atomic E-state index is 13.1. The van der Waals surface area contributed by atoms with Crippen LogP contribution in [0, 0.1) is 10.1 Å². The molecule has 0 aliphatic heterocycles. The summed E-state index contributed by atoms with van der Waals surface area (Å²) in [7, 11) is 0. The third kappa shape index (κ3) is 7.54. The van der Waals surface area contributed by atoms with Crippen LogP contribution in [0.1, 0.15) is 23.0 Å². The van der Waals surface area contributed by atoms with E-state index in [2.05, 4.69) is 15.5 Å². The van der Waals surface area contributed by atoms with E-state index >= 15 is 0 Å². The maximum atomic E-state index is 13.1. The Morgan fingerprint density at radius 2 is 1.55 bits per heavy atom. The first-order chi connectivity index (χ1) is 20.5. The lowest BCUT2D eigenvalue weighted by Gasteiger charge is -2.20. The van der Waals surface area contributed by atoms with Gasteiger partial charge in [-0.3, -0.25) is 19.5 Å². The molecule has 1 atom stereocenters. The van der Waals surface area contributed by atoms with Gasteiger partial charge in [-0.25, -0.2) is 0 Å². The van der Waals surface area contributed by atoms with Crippen molar-refractivity contribution in [3.05, 3.63) is 141 Å². The predicted molar refractivity (Wildman–Crippen MR) is 162 cm³/mol. The molecule has 0 radical (unpaired) electrons. The molecule has 0 bridgehead atoms. The van der Waals surface area contributed by atoms with Crippen LogP contribution < -0.4 is 10.1 Å². The molecule has 9 nitrogen and oxygen atoms in total. The number of thioether (sulfide) groups is 1. The van der Waals surface area contributed by atoms with Crippen LogP contribution in [0.15, 0.2) is 114 Å². The van der Waals surface area contributed by atoms with E-state index in [-0.39, 0.29) is 18.2 Å². The Labute approximate surface area is 251 Å². The molecule has 5 rings (SSSR count). The number of nitro groups is 1. The van der Waals surface area contributed by atoms with Crippen molar-refractivity contribution in [2.45, 2.75) is 23.4 Å². The minimum Gasteiger partial charge on any atom is -0.484 e. The molecule has 0 saturated carbocycles. The van der Waals surface area contributed by atoms with Crippen molar-refractivity contribution in [3.63, 3.8) is 0 Å². The highest BCUT2D eigenvalue weighted by molar-refractivity contribution is 7.98. The van der Waals surface area contributed by atoms with E-state index < -0.39 is 11.0 Å². The Hall–Kier alpha value is -4.67. The van der Waals surface area contributed by atoms with Gasteiger partial charge in [-0.2, -0.15) is 0 Å². The van der Waals surface area contributed by atoms with Gasteiger partial charge >= 0.3 is 0 Å². The lowest BCUT2D eigenvalue weighted by Crippen LogP contribution is -2.35. The Kier molecular flexibility index (Phi) is 9.48. The van der Waals surface area contributed by atoms with Gasteiger partial charge in [0.05, 0.1) is 11.0 Å². The number of nitrogens with zero attached hydrogens (tertiary/aromatic N) is 4. The minimum atomic E-state index is -0.581. The summed E-state index contributed by atoms with van der Waals surface area (Å²) in [5, 5.41) is 24.5. The summed E-state index contributed by atoms with van der Waals surface area (Å²) >= 11 is 7.44. The van der Waals surface area contributed by atoms with Crippen molar-refractivity contribution in [2.24, 2.45) is 0 Å². The predicted octanol–water partition coefficient (Wildman–Crippen LogP) is 6.60. The number of halogens is 1. The van der Waals surface area contributed by atoms with E-state index in [9.17, 15) is 14.9 Å². The summed E-state index contributed by atoms with van der Waals surface area (Å²) in [5.41, 5.74) is 2.70. The number of aromatic nitrogens is 3. The van der Waals surface area contributed by atoms with Gasteiger partial charge in [0.15, 0.2) is 17.6 Å². The topological polar surface area (TPSA) is 112 Å². The third-order valence-electron chi connectivity index (χ3n) is 6.30. The standard InChI is InChI=1S/C31H26ClN5O4S/c32-24-11-17-27(18-12-24)41-20-29(38)33-28(19-22-7-3-1-4-8-22)30-34-35-31(42-21-23-9-5-2-6-10-23)36(30)25-13-15-26(16-14-25)37(39)40/h1-18,28H,19-21H2,(H,33,38). The van der Waals surface area contributed by atoms with E-state index in [0.717, 1.165) is 11.1 Å². The van der Waals surface area contributed by atoms with Crippen LogP contribution >= 0.6 is 23.4 Å². The SMILES string of the molecule is O=C(COc1ccc(Cl)cc1)NC(Cc1ccccc1)c1nnc(SCc2ccccc2)n1-c1ccc([N+](=O)[O-])cc1. The van der Waals surface area contributed by atoms with Crippen molar-refractivity contribution >= 4 is 35.0 Å². The van der Waals surface area contributed by atoms with E-state index in [4.69, 9.17) is 16.3 Å². The molecule has 0 aliphatic rings. The highest BCUT2D eigenvalue weighted by atomic mass is 35.5. The number of carbonyl (C=O) groups excluding carboxylic acids is 1. The first-order valence-corrected chi connectivity index (χ1v) is 14.4. The minimum absolute atomic E-state index is 0.0275. The molecule has 0 spiro atoms. The van der Waals surface area contributed by atoms with Crippen LogP contribution in [0.4, 0.5) is 5.69 Å². The van der Waals surface area contributed by atoms with Gasteiger partial charge in [0, 0.05) is 28.6 Å². The Morgan fingerprint density at radius 1 is 0.905 bits per heavy atom. The molecule has 1 unspecified atom stereocenters. The van der Waals surface area contributed by atoms with E-state index in [1.165, 1.54) is 23.9 Å². The molecule has 1 aromatic heterocycles. The first-order valence-electron chi connectivity index (χ1n) is 13.0. The number of amides is 1. The molecule has 0 fully saturated rings. The Balaban J connectivity index is 1.47. The summed E-state index contributed by atoms with van der Waals surface area (Å²) < 4.78 is 7.51. The normalized spacial score (nSPS) is 11.5. The zero-order valence-corrected chi connectivity index (χ0v) is 23.9. The number of ether oxygens (including phenoxy) is 1. The quantitative estimate of drug-likeness (QED) is 0.0976. The Morgan fingerprint density at radius 3 is 2.19 bits per heavy atom. The summed E-state index contributed by atoms with van der Waals surface area (Å²) in [4.78, 5) is 24.0. The largest absolute Gasteiger partial charge is 0.484 e. The van der Waals surface area contributed by atoms with Gasteiger partial charge in [0.2, 0.25) is 0 Å². The lowest BCUT2D eigenvalue weighted by molar-refractivity contribution is -0.384. The zero-order valence-electron chi connectivity index (χ0n) is 22.3. The molecule has 1 amide bonds. The van der Waals surface area contributed by atoms with Crippen molar-refractivity contribution in [1.82, 2.24) is 20.1 Å². The molecular formula is C31H26ClN5O4S. The number of rotatable bonds is 12. The van der Waals surface area contributed by atoms with Crippen LogP contribution in [-0.2, 0) is 17.0 Å². The lowest BCUT2D eigenvalue weighted by atomic mass is 10.0. The summed E-state index contributed by atoms with van der Waals surface area (Å²) in [6, 6.07) is 32.1. The average molecular weight is 600 g/mol. The van der Waals surface area contributed by atoms with Crippen molar-refractivity contribution < 1.29 is 14.5 Å². The van der Waals surface area contributed by atoms with E-state index in [1.54, 1.807) is 36.4 Å². The fraction of sp³-hybridized carbons (Fsp3) is 0.129. The number of hydrogen-bond acceptors (Lipinski definition) is 7. The molecule has 0 aliphatic carbocycles. The van der Waals surface area contributed by atoms with Gasteiger partial charge < -0.3 is 10.1 Å². The average Bonchev–Trinajstić information content (AvgIpc) is 3.44. The molecule has 1 heterocycles. The summed E-state index contributed by atoms with van der Waals surface area (Å²) in [6.45, 7) is -0.214. The van der Waals surface area contributed by atoms with Gasteiger partial charge in [0.25, 0.3) is 11.6 Å². The number of non-ortho nitro benzene ring substituents is 1. The number of nitrogens with one attached hydrogen (secondary N) is 1. The fourth-order valence-corrected chi connectivity index (χ4v) is 5.30. The summed E-state index contributed by atoms with van der Waals surface area (Å²) in [6.07, 6.45) is 0.433. The first kappa shape index (κ1) is 28.8. The van der Waals surface area contributed by atoms with Crippen LogP contribution in [0.25, 0.3) is 5.69 Å². The van der Waals surface area contributed by atoms with Crippen molar-refractivity contribution in [3.8, 4) is 11.4 Å². The monoisotopic (exact) mass is 599 g/mol. The zero-order chi connectivity index (χ0) is 29.3. The van der Waals surface area contributed by atoms with Crippen molar-refractivity contribution in [2.75, 3.05) is 6.61 Å². The molecule has 1 N–H and O–H groups in total. The van der Waals surface area contributed by atoms with Crippen LogP contribution in [0.2, 0.25) is 5.02 Å². The van der Waals surface area contributed by atoms with Gasteiger partial charge in [-0.1, -0.05) is 84.0 Å². The Bertz CT molecular complexity index is 1630. The maximum Gasteiger partial charge on any atom is 0.269 e. The number of nitro benzene ring substituents is 1. The van der Waals surface area contributed by atoms with Gasteiger partial charge in [0.1, 0.15) is 5.75 Å². The number of benzene rings is 4. The van der Waals surface area contributed by atoms with Crippen LogP contribution in [0.3, 0.4) is 0 Å². The molecule has 11 heteroatoms. The highest BCUT2D eigenvalue weighted by Gasteiger charge is 2.25. The van der Waals surface area contributed by atoms with Gasteiger partial charge in [-0.15, -0.1) is 10.2 Å². The number of hydrogen-bond donors (Lipinski definition) is 1. The van der Waals surface area contributed by atoms with E-state index in [0.29, 0.717) is 39.6 Å². The molecule has 5 aromatic rings. The number of carbonyl (C=O) groups is 1. The van der Waals surface area contributed by atoms with Crippen LogP contribution in [0.5, 0.6) is 5.75 Å². The summed E-state index contributed by atoms with van der Waals surface area (Å²) in [5.74, 6) is 1.30. The molecule has 212 valence electrons. The molecular weight excluding hydrogens is 574 g/mol. The van der Waals surface area contributed by atoms with E-state index in [1.807, 2.05) is 65.2 Å². The van der Waals surface area contributed by atoms with Gasteiger partial charge in [-0.05, 0) is 53.9 Å². The second-order valence-corrected chi connectivity index (χ2v) is 10.7. The molecule has 42 heavy (non-hydrogen) atoms. The third-order valence-corrected chi connectivity index (χ3v) is 7.55. The fourth-order valence-electron chi connectivity index (χ4n) is 4.26. The molecule has 0 saturated heterocycles. The molecule has 4 aromatic carbocycles.